The number of hydrogen-bond acceptors (Lipinski definition) is 2. The van der Waals surface area contributed by atoms with Crippen molar-refractivity contribution in [2.24, 2.45) is 17.8 Å². The van der Waals surface area contributed by atoms with E-state index in [1.54, 1.807) is 0 Å². The Morgan fingerprint density at radius 1 is 0.839 bits per heavy atom. The van der Waals surface area contributed by atoms with Gasteiger partial charge in [-0.2, -0.15) is 0 Å². The summed E-state index contributed by atoms with van der Waals surface area (Å²) in [5.41, 5.74) is 2.30. The van der Waals surface area contributed by atoms with Crippen LogP contribution in [0.3, 0.4) is 0 Å². The number of benzene rings is 2. The van der Waals surface area contributed by atoms with Gasteiger partial charge in [-0.15, -0.1) is 0 Å². The zero-order chi connectivity index (χ0) is 21.8. The largest absolute Gasteiger partial charge is 0.348 e. The van der Waals surface area contributed by atoms with E-state index in [-0.39, 0.29) is 11.9 Å². The van der Waals surface area contributed by atoms with E-state index < -0.39 is 11.6 Å². The summed E-state index contributed by atoms with van der Waals surface area (Å²) in [6.07, 6.45) is 8.99. The quantitative estimate of drug-likeness (QED) is 0.472. The Hall–Kier alpha value is -1.78. The average molecular weight is 429 g/mol. The molecule has 2 aliphatic rings. The minimum Gasteiger partial charge on any atom is -0.348 e. The van der Waals surface area contributed by atoms with Crippen molar-refractivity contribution < 1.29 is 18.3 Å². The minimum atomic E-state index is -0.525. The van der Waals surface area contributed by atoms with Crippen LogP contribution < -0.4 is 0 Å². The molecule has 1 heterocycles. The molecule has 0 unspecified atom stereocenters. The van der Waals surface area contributed by atoms with Crippen LogP contribution in [0.25, 0.3) is 11.1 Å². The van der Waals surface area contributed by atoms with E-state index in [0.717, 1.165) is 30.3 Å². The van der Waals surface area contributed by atoms with Gasteiger partial charge < -0.3 is 9.47 Å². The molecule has 4 heteroatoms. The lowest BCUT2D eigenvalue weighted by Crippen LogP contribution is -2.34. The van der Waals surface area contributed by atoms with Gasteiger partial charge in [0, 0.05) is 17.0 Å². The molecule has 4 rings (SSSR count). The highest BCUT2D eigenvalue weighted by atomic mass is 19.1. The molecule has 2 nitrogen and oxygen atoms in total. The monoisotopic (exact) mass is 428 g/mol. The fourth-order valence-corrected chi connectivity index (χ4v) is 5.07. The molecule has 31 heavy (non-hydrogen) atoms. The number of hydrogen-bond donors (Lipinski definition) is 0. The van der Waals surface area contributed by atoms with Crippen LogP contribution >= 0.6 is 0 Å². The van der Waals surface area contributed by atoms with Crippen molar-refractivity contribution in [2.75, 3.05) is 13.2 Å². The van der Waals surface area contributed by atoms with Gasteiger partial charge in [0.15, 0.2) is 6.29 Å². The third kappa shape index (κ3) is 5.35. The third-order valence-electron chi connectivity index (χ3n) is 7.24. The molecule has 0 bridgehead atoms. The second kappa shape index (κ2) is 10.2. The molecule has 2 fully saturated rings. The zero-order valence-corrected chi connectivity index (χ0v) is 18.7. The molecular weight excluding hydrogens is 394 g/mol. The molecule has 0 spiro atoms. The van der Waals surface area contributed by atoms with E-state index in [4.69, 9.17) is 9.47 Å². The molecule has 1 aliphatic heterocycles. The summed E-state index contributed by atoms with van der Waals surface area (Å²) < 4.78 is 39.9. The molecule has 0 radical (unpaired) electrons. The molecule has 0 atom stereocenters. The van der Waals surface area contributed by atoms with Gasteiger partial charge in [-0.05, 0) is 54.9 Å². The second-order valence-electron chi connectivity index (χ2n) is 9.37. The summed E-state index contributed by atoms with van der Waals surface area (Å²) in [7, 11) is 0. The van der Waals surface area contributed by atoms with Crippen molar-refractivity contribution in [1.29, 1.82) is 0 Å². The van der Waals surface area contributed by atoms with Gasteiger partial charge in [-0.1, -0.05) is 63.3 Å². The summed E-state index contributed by atoms with van der Waals surface area (Å²) in [5, 5.41) is 0. The Morgan fingerprint density at radius 3 is 2.03 bits per heavy atom. The van der Waals surface area contributed by atoms with Gasteiger partial charge in [0.25, 0.3) is 0 Å². The normalized spacial score (nSPS) is 26.7. The number of rotatable bonds is 6. The predicted molar refractivity (Wildman–Crippen MR) is 120 cm³/mol. The maximum Gasteiger partial charge on any atom is 0.183 e. The Labute approximate surface area is 185 Å². The number of halogens is 2. The molecule has 1 saturated carbocycles. The van der Waals surface area contributed by atoms with Crippen LogP contribution in [0.5, 0.6) is 0 Å². The molecule has 2 aromatic carbocycles. The van der Waals surface area contributed by atoms with Crippen LogP contribution in [0.4, 0.5) is 8.78 Å². The van der Waals surface area contributed by atoms with Gasteiger partial charge in [0.1, 0.15) is 11.6 Å². The molecule has 168 valence electrons. The van der Waals surface area contributed by atoms with E-state index in [1.807, 2.05) is 24.3 Å². The molecule has 0 aromatic heterocycles. The first-order chi connectivity index (χ1) is 15.0. The lowest BCUT2D eigenvalue weighted by atomic mass is 9.74. The van der Waals surface area contributed by atoms with E-state index in [1.165, 1.54) is 64.0 Å². The minimum absolute atomic E-state index is 0.0494. The molecule has 1 aliphatic carbocycles. The van der Waals surface area contributed by atoms with Crippen molar-refractivity contribution in [2.45, 2.75) is 65.1 Å². The van der Waals surface area contributed by atoms with Gasteiger partial charge in [0.2, 0.25) is 0 Å². The topological polar surface area (TPSA) is 18.5 Å². The van der Waals surface area contributed by atoms with Crippen LogP contribution in [0.15, 0.2) is 36.4 Å². The maximum absolute atomic E-state index is 13.9. The van der Waals surface area contributed by atoms with E-state index in [2.05, 4.69) is 6.92 Å². The van der Waals surface area contributed by atoms with E-state index >= 15 is 0 Å². The first-order valence-corrected chi connectivity index (χ1v) is 11.8. The fraction of sp³-hybridized carbons (Fsp3) is 0.556. The zero-order valence-electron chi connectivity index (χ0n) is 18.7. The van der Waals surface area contributed by atoms with Crippen molar-refractivity contribution in [1.82, 2.24) is 0 Å². The SMILES string of the molecule is CCCCC1CCC(C2COC(c3ccc(-c4cc(F)c(C)c(F)c4)cc3)OC2)CC1. The molecular formula is C27H34F2O2. The molecule has 0 amide bonds. The van der Waals surface area contributed by atoms with Gasteiger partial charge in [-0.25, -0.2) is 8.78 Å². The van der Waals surface area contributed by atoms with Crippen LogP contribution in [0.2, 0.25) is 0 Å². The Kier molecular flexibility index (Phi) is 7.39. The number of ether oxygens (including phenoxy) is 2. The van der Waals surface area contributed by atoms with Gasteiger partial charge >= 0.3 is 0 Å². The highest BCUT2D eigenvalue weighted by Crippen LogP contribution is 2.39. The van der Waals surface area contributed by atoms with Crippen LogP contribution in [-0.4, -0.2) is 13.2 Å². The van der Waals surface area contributed by atoms with Gasteiger partial charge in [0.05, 0.1) is 13.2 Å². The van der Waals surface area contributed by atoms with Crippen LogP contribution in [0.1, 0.15) is 69.3 Å². The van der Waals surface area contributed by atoms with Crippen LogP contribution in [0, 0.1) is 36.3 Å². The number of unbranched alkanes of at least 4 members (excludes halogenated alkanes) is 1. The van der Waals surface area contributed by atoms with Gasteiger partial charge in [-0.3, -0.25) is 0 Å². The van der Waals surface area contributed by atoms with Crippen molar-refractivity contribution >= 4 is 0 Å². The van der Waals surface area contributed by atoms with Crippen molar-refractivity contribution in [3.63, 3.8) is 0 Å². The van der Waals surface area contributed by atoms with E-state index in [9.17, 15) is 8.78 Å². The third-order valence-corrected chi connectivity index (χ3v) is 7.24. The highest BCUT2D eigenvalue weighted by molar-refractivity contribution is 5.64. The molecule has 2 aromatic rings. The lowest BCUT2D eigenvalue weighted by molar-refractivity contribution is -0.214. The Balaban J connectivity index is 1.30. The van der Waals surface area contributed by atoms with Crippen molar-refractivity contribution in [3.05, 3.63) is 59.2 Å². The van der Waals surface area contributed by atoms with Crippen molar-refractivity contribution in [3.8, 4) is 11.1 Å². The average Bonchev–Trinajstić information content (AvgIpc) is 2.81. The predicted octanol–water partition coefficient (Wildman–Crippen LogP) is 7.60. The summed E-state index contributed by atoms with van der Waals surface area (Å²) >= 11 is 0. The fourth-order valence-electron chi connectivity index (χ4n) is 5.07. The summed E-state index contributed by atoms with van der Waals surface area (Å²) in [4.78, 5) is 0. The lowest BCUT2D eigenvalue weighted by Gasteiger charge is -2.38. The molecule has 1 saturated heterocycles. The molecule has 0 N–H and O–H groups in total. The first-order valence-electron chi connectivity index (χ1n) is 11.8. The summed E-state index contributed by atoms with van der Waals surface area (Å²) in [6, 6.07) is 10.3. The highest BCUT2D eigenvalue weighted by Gasteiger charge is 2.32. The van der Waals surface area contributed by atoms with E-state index in [0.29, 0.717) is 17.4 Å². The smallest absolute Gasteiger partial charge is 0.183 e. The first kappa shape index (κ1) is 22.4. The Morgan fingerprint density at radius 2 is 1.45 bits per heavy atom. The summed E-state index contributed by atoms with van der Waals surface area (Å²) in [6.45, 7) is 5.20. The summed E-state index contributed by atoms with van der Waals surface area (Å²) in [5.74, 6) is 1.07. The second-order valence-corrected chi connectivity index (χ2v) is 9.37. The maximum atomic E-state index is 13.9. The van der Waals surface area contributed by atoms with Crippen LogP contribution in [-0.2, 0) is 9.47 Å². The standard InChI is InChI=1S/C27H34F2O2/c1-3-4-5-19-6-8-21(9-7-19)24-16-30-27(31-17-24)22-12-10-20(11-13-22)23-14-25(28)18(2)26(29)15-23/h10-15,19,21,24,27H,3-9,16-17H2,1-2H3. The Bertz CT molecular complexity index is 825.